The zero-order valence-electron chi connectivity index (χ0n) is 7.98. The fourth-order valence-corrected chi connectivity index (χ4v) is 3.22. The zero-order valence-corrected chi connectivity index (χ0v) is 11.7. The first kappa shape index (κ1) is 12.4. The third kappa shape index (κ3) is 2.26. The molecule has 1 aromatic rings. The van der Waals surface area contributed by atoms with Crippen LogP contribution in [0, 0.1) is 3.70 Å². The maximum absolute atomic E-state index is 12.6. The number of hydrogen-bond acceptors (Lipinski definition) is 1. The summed E-state index contributed by atoms with van der Waals surface area (Å²) in [4.78, 5) is 0. The normalized spacial score (nSPS) is 12.6. The molecule has 0 fully saturated rings. The van der Waals surface area contributed by atoms with Crippen LogP contribution in [0.25, 0.3) is 0 Å². The summed E-state index contributed by atoms with van der Waals surface area (Å²) < 4.78 is 27.5. The highest BCUT2D eigenvalue weighted by Gasteiger charge is 2.26. The van der Waals surface area contributed by atoms with E-state index in [2.05, 4.69) is 21.0 Å². The van der Waals surface area contributed by atoms with Crippen LogP contribution in [-0.2, 0) is 5.54 Å². The fraction of sp³-hybridized carbons (Fsp3) is 0.625. The smallest absolute Gasteiger partial charge is 0.252 e. The summed E-state index contributed by atoms with van der Waals surface area (Å²) in [6.45, 7) is 5.76. The third-order valence-corrected chi connectivity index (χ3v) is 3.30. The Kier molecular flexibility index (Phi) is 3.56. The van der Waals surface area contributed by atoms with Crippen LogP contribution in [-0.4, -0.2) is 9.78 Å². The van der Waals surface area contributed by atoms with Crippen molar-refractivity contribution in [1.29, 1.82) is 0 Å². The molecule has 1 rings (SSSR count). The van der Waals surface area contributed by atoms with Crippen LogP contribution < -0.4 is 0 Å². The molecule has 14 heavy (non-hydrogen) atoms. The van der Waals surface area contributed by atoms with Crippen molar-refractivity contribution in [3.63, 3.8) is 0 Å². The van der Waals surface area contributed by atoms with Crippen molar-refractivity contribution < 1.29 is 8.78 Å². The molecule has 0 aliphatic carbocycles. The summed E-state index contributed by atoms with van der Waals surface area (Å²) in [5.74, 6) is 0. The first-order chi connectivity index (χ1) is 6.25. The summed E-state index contributed by atoms with van der Waals surface area (Å²) in [6, 6.07) is 0. The summed E-state index contributed by atoms with van der Waals surface area (Å²) >= 11 is 4.94. The van der Waals surface area contributed by atoms with Crippen molar-refractivity contribution in [3.8, 4) is 0 Å². The number of aromatic nitrogens is 2. The lowest BCUT2D eigenvalue weighted by molar-refractivity contribution is 0.149. The largest absolute Gasteiger partial charge is 0.269 e. The minimum atomic E-state index is -2.49. The van der Waals surface area contributed by atoms with Crippen LogP contribution in [0.1, 0.15) is 32.8 Å². The second-order valence-electron chi connectivity index (χ2n) is 3.88. The molecule has 2 nitrogen and oxygen atoms in total. The van der Waals surface area contributed by atoms with E-state index in [0.717, 1.165) is 0 Å². The van der Waals surface area contributed by atoms with E-state index in [1.807, 2.05) is 43.4 Å². The minimum absolute atomic E-state index is 0.0273. The number of alkyl halides is 2. The molecule has 1 heterocycles. The van der Waals surface area contributed by atoms with E-state index in [0.29, 0.717) is 3.70 Å². The van der Waals surface area contributed by atoms with E-state index >= 15 is 0 Å². The molecule has 0 saturated carbocycles. The van der Waals surface area contributed by atoms with Crippen LogP contribution in [0.3, 0.4) is 0 Å². The standard InChI is InChI=1S/C8H10BrF2IN2/c1-8(2,3)14-7(12)4(6(10)11)5(9)13-14/h6H,1-3H3. The van der Waals surface area contributed by atoms with E-state index in [4.69, 9.17) is 0 Å². The Bertz CT molecular complexity index is 344. The lowest BCUT2D eigenvalue weighted by Gasteiger charge is -2.20. The quantitative estimate of drug-likeness (QED) is 0.677. The topological polar surface area (TPSA) is 17.8 Å². The monoisotopic (exact) mass is 378 g/mol. The van der Waals surface area contributed by atoms with Crippen molar-refractivity contribution in [2.75, 3.05) is 0 Å². The summed E-state index contributed by atoms with van der Waals surface area (Å²) in [5.41, 5.74) is -0.313. The second kappa shape index (κ2) is 4.03. The number of rotatable bonds is 1. The van der Waals surface area contributed by atoms with E-state index < -0.39 is 6.43 Å². The highest BCUT2D eigenvalue weighted by Crippen LogP contribution is 2.33. The average Bonchev–Trinajstić information content (AvgIpc) is 2.24. The van der Waals surface area contributed by atoms with Crippen molar-refractivity contribution in [3.05, 3.63) is 13.9 Å². The van der Waals surface area contributed by atoms with E-state index in [9.17, 15) is 8.78 Å². The van der Waals surface area contributed by atoms with Crippen LogP contribution >= 0.6 is 38.5 Å². The number of hydrogen-bond donors (Lipinski definition) is 0. The van der Waals surface area contributed by atoms with Crippen LogP contribution in [0.15, 0.2) is 4.60 Å². The van der Waals surface area contributed by atoms with Gasteiger partial charge in [0.1, 0.15) is 8.30 Å². The molecule has 0 aromatic carbocycles. The molecule has 0 atom stereocenters. The van der Waals surface area contributed by atoms with Gasteiger partial charge in [-0.25, -0.2) is 8.78 Å². The van der Waals surface area contributed by atoms with Gasteiger partial charge in [-0.15, -0.1) is 0 Å². The highest BCUT2D eigenvalue weighted by molar-refractivity contribution is 14.1. The molecular formula is C8H10BrF2IN2. The molecule has 0 radical (unpaired) electrons. The summed E-state index contributed by atoms with van der Waals surface area (Å²) in [6.07, 6.45) is -2.49. The van der Waals surface area contributed by atoms with Crippen molar-refractivity contribution in [1.82, 2.24) is 9.78 Å². The summed E-state index contributed by atoms with van der Waals surface area (Å²) in [5, 5.41) is 4.05. The molecule has 0 aliphatic heterocycles. The predicted octanol–water partition coefficient (Wildman–Crippen LogP) is 3.94. The Hall–Kier alpha value is 0.280. The third-order valence-electron chi connectivity index (χ3n) is 1.67. The predicted molar refractivity (Wildman–Crippen MR) is 62.6 cm³/mol. The molecule has 0 saturated heterocycles. The molecular weight excluding hydrogens is 369 g/mol. The van der Waals surface area contributed by atoms with Crippen molar-refractivity contribution in [2.24, 2.45) is 0 Å². The van der Waals surface area contributed by atoms with E-state index in [1.165, 1.54) is 0 Å². The van der Waals surface area contributed by atoms with Gasteiger partial charge in [0.15, 0.2) is 0 Å². The lowest BCUT2D eigenvalue weighted by Crippen LogP contribution is -2.24. The lowest BCUT2D eigenvalue weighted by atomic mass is 10.1. The van der Waals surface area contributed by atoms with Gasteiger partial charge >= 0.3 is 0 Å². The van der Waals surface area contributed by atoms with Gasteiger partial charge in [-0.05, 0) is 59.3 Å². The van der Waals surface area contributed by atoms with Crippen LogP contribution in [0.2, 0.25) is 0 Å². The Balaban J connectivity index is 3.31. The SMILES string of the molecule is CC(C)(C)n1nc(Br)c(C(F)F)c1I. The molecule has 0 amide bonds. The van der Waals surface area contributed by atoms with Crippen molar-refractivity contribution >= 4 is 38.5 Å². The van der Waals surface area contributed by atoms with Gasteiger partial charge in [0.2, 0.25) is 0 Å². The molecule has 0 aliphatic rings. The summed E-state index contributed by atoms with van der Waals surface area (Å²) in [7, 11) is 0. The van der Waals surface area contributed by atoms with Gasteiger partial charge < -0.3 is 0 Å². The Morgan fingerprint density at radius 3 is 2.14 bits per heavy atom. The molecule has 0 spiro atoms. The minimum Gasteiger partial charge on any atom is -0.252 e. The van der Waals surface area contributed by atoms with Crippen LogP contribution in [0.4, 0.5) is 8.78 Å². The highest BCUT2D eigenvalue weighted by atomic mass is 127. The first-order valence-corrected chi connectivity index (χ1v) is 5.85. The van der Waals surface area contributed by atoms with Gasteiger partial charge in [0.05, 0.1) is 11.1 Å². The Labute approximate surface area is 103 Å². The Morgan fingerprint density at radius 1 is 1.43 bits per heavy atom. The average molecular weight is 379 g/mol. The van der Waals surface area contributed by atoms with Gasteiger partial charge in [-0.1, -0.05) is 0 Å². The maximum Gasteiger partial charge on any atom is 0.269 e. The number of halogens is 4. The fourth-order valence-electron chi connectivity index (χ4n) is 1.01. The molecule has 6 heteroatoms. The second-order valence-corrected chi connectivity index (χ2v) is 5.65. The maximum atomic E-state index is 12.6. The number of nitrogens with zero attached hydrogens (tertiary/aromatic N) is 2. The van der Waals surface area contributed by atoms with E-state index in [-0.39, 0.29) is 15.7 Å². The molecule has 0 N–H and O–H groups in total. The van der Waals surface area contributed by atoms with Crippen molar-refractivity contribution in [2.45, 2.75) is 32.7 Å². The first-order valence-electron chi connectivity index (χ1n) is 3.97. The molecule has 0 unspecified atom stereocenters. The zero-order chi connectivity index (χ0) is 11.1. The van der Waals surface area contributed by atoms with Gasteiger partial charge in [-0.2, -0.15) is 5.10 Å². The van der Waals surface area contributed by atoms with Gasteiger partial charge in [0, 0.05) is 0 Å². The Morgan fingerprint density at radius 2 is 1.93 bits per heavy atom. The van der Waals surface area contributed by atoms with Gasteiger partial charge in [-0.3, -0.25) is 4.68 Å². The van der Waals surface area contributed by atoms with Crippen LogP contribution in [0.5, 0.6) is 0 Å². The van der Waals surface area contributed by atoms with E-state index in [1.54, 1.807) is 4.68 Å². The molecule has 80 valence electrons. The molecule has 0 bridgehead atoms. The van der Waals surface area contributed by atoms with Gasteiger partial charge in [0.25, 0.3) is 6.43 Å². The molecule has 1 aromatic heterocycles.